The van der Waals surface area contributed by atoms with Crippen molar-refractivity contribution in [1.82, 2.24) is 10.2 Å². The molecule has 0 aromatic heterocycles. The minimum atomic E-state index is -1.17. The van der Waals surface area contributed by atoms with Gasteiger partial charge in [0, 0.05) is 13.1 Å². The van der Waals surface area contributed by atoms with E-state index in [9.17, 15) is 14.4 Å². The second-order valence-electron chi connectivity index (χ2n) is 6.76. The molecule has 7 heteroatoms. The molecule has 2 amide bonds. The topological polar surface area (TPSA) is 95.9 Å². The molecule has 0 saturated heterocycles. The van der Waals surface area contributed by atoms with Gasteiger partial charge in [0.1, 0.15) is 11.6 Å². The summed E-state index contributed by atoms with van der Waals surface area (Å²) in [5.41, 5.74) is 1.32. The molecule has 0 radical (unpaired) electrons. The van der Waals surface area contributed by atoms with Crippen LogP contribution in [0.5, 0.6) is 0 Å². The molecule has 1 aliphatic heterocycles. The monoisotopic (exact) mass is 334 g/mol. The van der Waals surface area contributed by atoms with Crippen molar-refractivity contribution in [2.45, 2.75) is 51.9 Å². The number of amides is 2. The lowest BCUT2D eigenvalue weighted by atomic mass is 10.1. The molecule has 0 saturated carbocycles. The summed E-state index contributed by atoms with van der Waals surface area (Å²) in [6, 6.07) is 6.47. The number of carboxylic acid groups (broad SMARTS) is 1. The molecule has 1 heterocycles. The highest BCUT2D eigenvalue weighted by atomic mass is 16.6. The first kappa shape index (κ1) is 17.8. The molecule has 0 bridgehead atoms. The third-order valence-corrected chi connectivity index (χ3v) is 3.52. The Morgan fingerprint density at radius 2 is 1.75 bits per heavy atom. The van der Waals surface area contributed by atoms with Crippen molar-refractivity contribution < 1.29 is 24.2 Å². The largest absolute Gasteiger partial charge is 0.481 e. The van der Waals surface area contributed by atoms with Crippen molar-refractivity contribution >= 4 is 18.0 Å². The van der Waals surface area contributed by atoms with E-state index >= 15 is 0 Å². The Morgan fingerprint density at radius 1 is 1.21 bits per heavy atom. The lowest BCUT2D eigenvalue weighted by molar-refractivity contribution is -0.142. The van der Waals surface area contributed by atoms with E-state index in [4.69, 9.17) is 9.84 Å². The van der Waals surface area contributed by atoms with Crippen LogP contribution in [-0.4, -0.2) is 39.6 Å². The molecule has 0 spiro atoms. The van der Waals surface area contributed by atoms with E-state index in [1.165, 1.54) is 4.90 Å². The first-order valence-corrected chi connectivity index (χ1v) is 7.72. The zero-order chi connectivity index (χ0) is 17.9. The number of benzene rings is 1. The predicted octanol–water partition coefficient (Wildman–Crippen LogP) is 1.90. The maximum absolute atomic E-state index is 12.6. The Hall–Kier alpha value is -2.57. The van der Waals surface area contributed by atoms with Gasteiger partial charge < -0.3 is 20.1 Å². The van der Waals surface area contributed by atoms with Gasteiger partial charge in [-0.1, -0.05) is 24.3 Å². The highest BCUT2D eigenvalue weighted by Gasteiger charge is 2.32. The minimum absolute atomic E-state index is 0.404. The summed E-state index contributed by atoms with van der Waals surface area (Å²) >= 11 is 0. The number of ether oxygens (including phenoxy) is 1. The summed E-state index contributed by atoms with van der Waals surface area (Å²) in [6.45, 7) is 5.88. The first-order valence-electron chi connectivity index (χ1n) is 7.72. The molecule has 7 nitrogen and oxygen atoms in total. The smallest absolute Gasteiger partial charge is 0.408 e. The molecule has 0 unspecified atom stereocenters. The minimum Gasteiger partial charge on any atom is -0.481 e. The number of carboxylic acids is 1. The quantitative estimate of drug-likeness (QED) is 0.877. The van der Waals surface area contributed by atoms with Gasteiger partial charge in [0.15, 0.2) is 0 Å². The van der Waals surface area contributed by atoms with E-state index in [1.54, 1.807) is 20.8 Å². The van der Waals surface area contributed by atoms with Crippen LogP contribution in [0.25, 0.3) is 0 Å². The fraction of sp³-hybridized carbons (Fsp3) is 0.471. The number of nitrogens with one attached hydrogen (secondary N) is 1. The average Bonchev–Trinajstić information content (AvgIpc) is 2.87. The van der Waals surface area contributed by atoms with Crippen LogP contribution in [0.4, 0.5) is 4.79 Å². The molecule has 1 aromatic rings. The van der Waals surface area contributed by atoms with Crippen LogP contribution < -0.4 is 5.32 Å². The van der Waals surface area contributed by atoms with E-state index in [-0.39, 0.29) is 0 Å². The normalized spacial score (nSPS) is 14.7. The molecule has 1 aromatic carbocycles. The van der Waals surface area contributed by atoms with E-state index in [2.05, 4.69) is 5.32 Å². The molecule has 130 valence electrons. The van der Waals surface area contributed by atoms with Crippen molar-refractivity contribution in [2.75, 3.05) is 0 Å². The van der Waals surface area contributed by atoms with Gasteiger partial charge in [0.25, 0.3) is 0 Å². The third kappa shape index (κ3) is 4.71. The second kappa shape index (κ2) is 6.90. The van der Waals surface area contributed by atoms with Crippen LogP contribution in [0.15, 0.2) is 24.3 Å². The van der Waals surface area contributed by atoms with Crippen molar-refractivity contribution in [3.63, 3.8) is 0 Å². The highest BCUT2D eigenvalue weighted by molar-refractivity contribution is 5.89. The summed E-state index contributed by atoms with van der Waals surface area (Å²) in [5.74, 6) is -1.60. The van der Waals surface area contributed by atoms with Crippen LogP contribution in [0, 0.1) is 0 Å². The van der Waals surface area contributed by atoms with Gasteiger partial charge in [0.05, 0.1) is 6.42 Å². The van der Waals surface area contributed by atoms with Gasteiger partial charge in [-0.25, -0.2) is 4.79 Å². The number of hydrogen-bond acceptors (Lipinski definition) is 4. The molecular formula is C17H22N2O5. The number of hydrogen-bond donors (Lipinski definition) is 2. The average molecular weight is 334 g/mol. The first-order chi connectivity index (χ1) is 11.2. The number of aliphatic carboxylic acids is 1. The van der Waals surface area contributed by atoms with Crippen LogP contribution in [0.1, 0.15) is 38.3 Å². The maximum atomic E-state index is 12.6. The summed E-state index contributed by atoms with van der Waals surface area (Å²) < 4.78 is 5.11. The van der Waals surface area contributed by atoms with Crippen LogP contribution in [0.2, 0.25) is 0 Å². The van der Waals surface area contributed by atoms with Crippen LogP contribution >= 0.6 is 0 Å². The molecule has 2 N–H and O–H groups in total. The fourth-order valence-corrected chi connectivity index (χ4v) is 2.53. The number of alkyl carbamates (subject to hydrolysis) is 1. The second-order valence-corrected chi connectivity index (χ2v) is 6.76. The number of carbonyl (C=O) groups is 3. The molecular weight excluding hydrogens is 312 g/mol. The zero-order valence-corrected chi connectivity index (χ0v) is 14.0. The summed E-state index contributed by atoms with van der Waals surface area (Å²) in [6.07, 6.45) is -1.30. The third-order valence-electron chi connectivity index (χ3n) is 3.52. The number of carbonyl (C=O) groups excluding carboxylic acids is 2. The summed E-state index contributed by atoms with van der Waals surface area (Å²) in [4.78, 5) is 37.1. The lowest BCUT2D eigenvalue weighted by Gasteiger charge is -2.25. The van der Waals surface area contributed by atoms with E-state index in [0.717, 1.165) is 11.1 Å². The fourth-order valence-electron chi connectivity index (χ4n) is 2.53. The lowest BCUT2D eigenvalue weighted by Crippen LogP contribution is -2.49. The van der Waals surface area contributed by atoms with Gasteiger partial charge in [-0.05, 0) is 31.9 Å². The maximum Gasteiger partial charge on any atom is 0.408 e. The Labute approximate surface area is 140 Å². The Kier molecular flexibility index (Phi) is 5.11. The van der Waals surface area contributed by atoms with Gasteiger partial charge in [0.2, 0.25) is 5.91 Å². The molecule has 2 rings (SSSR count). The number of fused-ring (bicyclic) bond motifs is 1. The van der Waals surface area contributed by atoms with Crippen LogP contribution in [0.3, 0.4) is 0 Å². The highest BCUT2D eigenvalue weighted by Crippen LogP contribution is 2.23. The van der Waals surface area contributed by atoms with Gasteiger partial charge in [-0.15, -0.1) is 0 Å². The van der Waals surface area contributed by atoms with Gasteiger partial charge in [-0.3, -0.25) is 9.59 Å². The molecule has 1 atom stereocenters. The molecule has 1 aliphatic rings. The van der Waals surface area contributed by atoms with E-state index in [0.29, 0.717) is 13.1 Å². The van der Waals surface area contributed by atoms with Crippen LogP contribution in [-0.2, 0) is 27.4 Å². The predicted molar refractivity (Wildman–Crippen MR) is 86.1 cm³/mol. The van der Waals surface area contributed by atoms with Crippen molar-refractivity contribution in [1.29, 1.82) is 0 Å². The van der Waals surface area contributed by atoms with E-state index in [1.807, 2.05) is 24.3 Å². The molecule has 24 heavy (non-hydrogen) atoms. The number of rotatable bonds is 4. The van der Waals surface area contributed by atoms with Crippen molar-refractivity contribution in [2.24, 2.45) is 0 Å². The molecule has 0 fully saturated rings. The summed E-state index contributed by atoms with van der Waals surface area (Å²) in [7, 11) is 0. The van der Waals surface area contributed by atoms with Gasteiger partial charge >= 0.3 is 12.1 Å². The van der Waals surface area contributed by atoms with E-state index < -0.39 is 36.0 Å². The molecule has 0 aliphatic carbocycles. The Bertz CT molecular complexity index is 626. The van der Waals surface area contributed by atoms with Crippen molar-refractivity contribution in [3.8, 4) is 0 Å². The van der Waals surface area contributed by atoms with Crippen molar-refractivity contribution in [3.05, 3.63) is 35.4 Å². The SMILES string of the molecule is CC(C)(C)OC(=O)N[C@@H](CC(=O)O)C(=O)N1Cc2ccccc2C1. The Morgan fingerprint density at radius 3 is 2.21 bits per heavy atom. The summed E-state index contributed by atoms with van der Waals surface area (Å²) in [5, 5.41) is 11.4. The standard InChI is InChI=1S/C17H22N2O5/c1-17(2,3)24-16(23)18-13(8-14(20)21)15(22)19-9-11-6-4-5-7-12(11)10-19/h4-7,13H,8-10H2,1-3H3,(H,18,23)(H,20,21)/t13-/m0/s1. The number of nitrogens with zero attached hydrogens (tertiary/aromatic N) is 1. The zero-order valence-electron chi connectivity index (χ0n) is 14.0. The van der Waals surface area contributed by atoms with Gasteiger partial charge in [-0.2, -0.15) is 0 Å². The Balaban J connectivity index is 2.06.